The minimum atomic E-state index is -0.806. The summed E-state index contributed by atoms with van der Waals surface area (Å²) in [4.78, 5) is 37.7. The van der Waals surface area contributed by atoms with Crippen molar-refractivity contribution in [1.29, 1.82) is 0 Å². The van der Waals surface area contributed by atoms with Crippen LogP contribution in [0.5, 0.6) is 0 Å². The second-order valence-electron chi connectivity index (χ2n) is 16.7. The zero-order chi connectivity index (χ0) is 47.9. The molecule has 0 radical (unpaired) electrons. The van der Waals surface area contributed by atoms with Crippen LogP contribution in [0.25, 0.3) is 0 Å². The topological polar surface area (TPSA) is 78.9 Å². The fourth-order valence-corrected chi connectivity index (χ4v) is 6.53. The van der Waals surface area contributed by atoms with Gasteiger partial charge in [0, 0.05) is 19.3 Å². The van der Waals surface area contributed by atoms with E-state index in [4.69, 9.17) is 14.2 Å². The number of esters is 3. The van der Waals surface area contributed by atoms with Crippen molar-refractivity contribution in [2.75, 3.05) is 13.2 Å². The minimum Gasteiger partial charge on any atom is -0.462 e. The molecule has 0 rings (SSSR count). The molecule has 0 heterocycles. The fourth-order valence-electron chi connectivity index (χ4n) is 6.53. The molecule has 0 saturated heterocycles. The number of ether oxygens (including phenoxy) is 3. The third kappa shape index (κ3) is 50.5. The summed E-state index contributed by atoms with van der Waals surface area (Å²) >= 11 is 0. The SMILES string of the molecule is CC/C=C\C/C=C\C/C=C\C/C=C\C/C=C\C/C=C\C/C=C\C/C=C\CCCCC(=O)OCC(COC(=O)CCCCCCCC)OC(=O)CCCCCCC/C=C\C/C=C\C/C=C\CC. The van der Waals surface area contributed by atoms with Crippen LogP contribution in [0, 0.1) is 0 Å². The van der Waals surface area contributed by atoms with Crippen molar-refractivity contribution in [3.63, 3.8) is 0 Å². The van der Waals surface area contributed by atoms with Crippen molar-refractivity contribution in [3.05, 3.63) is 134 Å². The molecule has 0 spiro atoms. The Hall–Kier alpha value is -4.45. The van der Waals surface area contributed by atoms with Gasteiger partial charge in [-0.1, -0.05) is 206 Å². The van der Waals surface area contributed by atoms with E-state index >= 15 is 0 Å². The van der Waals surface area contributed by atoms with E-state index in [0.717, 1.165) is 141 Å². The average Bonchev–Trinajstić information content (AvgIpc) is 3.31. The van der Waals surface area contributed by atoms with Gasteiger partial charge in [-0.05, 0) is 116 Å². The van der Waals surface area contributed by atoms with Crippen LogP contribution < -0.4 is 0 Å². The molecule has 0 N–H and O–H groups in total. The molecule has 0 amide bonds. The maximum Gasteiger partial charge on any atom is 0.306 e. The minimum absolute atomic E-state index is 0.104. The molecular weight excluding hydrogens is 817 g/mol. The highest BCUT2D eigenvalue weighted by molar-refractivity contribution is 5.71. The monoisotopic (exact) mass is 911 g/mol. The Morgan fingerprint density at radius 3 is 0.955 bits per heavy atom. The Labute approximate surface area is 405 Å². The standard InChI is InChI=1S/C60H94O6/c1-4-7-10-13-16-18-20-22-24-25-26-27-28-29-30-31-32-33-34-35-37-38-40-42-44-47-50-53-59(62)65-56-57(55-64-58(61)52-49-46-15-12-9-6-3)66-60(63)54-51-48-45-43-41-39-36-23-21-19-17-14-11-8-5-2/h7-8,10-11,16-19,22-24,26-27,29-30,32-33,35-37,40,42,57H,4-6,9,12-15,20-21,25,28,31,34,38-39,41,43-56H2,1-3H3/b10-7-,11-8-,18-16-,19-17-,24-22-,27-26-,30-29-,33-32-,36-23-,37-35-,42-40-. The van der Waals surface area contributed by atoms with E-state index in [-0.39, 0.29) is 31.1 Å². The molecule has 0 fully saturated rings. The summed E-state index contributed by atoms with van der Waals surface area (Å²) in [7, 11) is 0. The molecule has 370 valence electrons. The quantitative estimate of drug-likeness (QED) is 0.0262. The van der Waals surface area contributed by atoms with Crippen LogP contribution in [0.1, 0.15) is 207 Å². The third-order valence-electron chi connectivity index (χ3n) is 10.4. The van der Waals surface area contributed by atoms with Crippen molar-refractivity contribution in [3.8, 4) is 0 Å². The smallest absolute Gasteiger partial charge is 0.306 e. The van der Waals surface area contributed by atoms with Gasteiger partial charge >= 0.3 is 17.9 Å². The highest BCUT2D eigenvalue weighted by Crippen LogP contribution is 2.12. The zero-order valence-electron chi connectivity index (χ0n) is 42.1. The Morgan fingerprint density at radius 2 is 0.591 bits per heavy atom. The highest BCUT2D eigenvalue weighted by atomic mass is 16.6. The molecule has 0 aliphatic carbocycles. The van der Waals surface area contributed by atoms with Crippen molar-refractivity contribution in [1.82, 2.24) is 0 Å². The van der Waals surface area contributed by atoms with Gasteiger partial charge in [-0.15, -0.1) is 0 Å². The van der Waals surface area contributed by atoms with Gasteiger partial charge in [0.2, 0.25) is 0 Å². The van der Waals surface area contributed by atoms with Crippen LogP contribution in [-0.4, -0.2) is 37.2 Å². The molecule has 66 heavy (non-hydrogen) atoms. The molecule has 0 aliphatic rings. The summed E-state index contributed by atoms with van der Waals surface area (Å²) in [5, 5.41) is 0. The molecule has 0 aromatic rings. The lowest BCUT2D eigenvalue weighted by Gasteiger charge is -2.18. The lowest BCUT2D eigenvalue weighted by molar-refractivity contribution is -0.167. The van der Waals surface area contributed by atoms with Gasteiger partial charge in [-0.3, -0.25) is 14.4 Å². The maximum atomic E-state index is 12.7. The summed E-state index contributed by atoms with van der Waals surface area (Å²) in [6, 6.07) is 0. The number of hydrogen-bond donors (Lipinski definition) is 0. The molecule has 0 aromatic heterocycles. The summed E-state index contributed by atoms with van der Waals surface area (Å²) in [5.41, 5.74) is 0. The lowest BCUT2D eigenvalue weighted by Crippen LogP contribution is -2.30. The van der Waals surface area contributed by atoms with Crippen LogP contribution in [0.2, 0.25) is 0 Å². The maximum absolute atomic E-state index is 12.7. The van der Waals surface area contributed by atoms with Gasteiger partial charge in [0.25, 0.3) is 0 Å². The molecule has 0 aliphatic heterocycles. The number of carbonyl (C=O) groups is 3. The molecule has 6 nitrogen and oxygen atoms in total. The zero-order valence-corrected chi connectivity index (χ0v) is 42.1. The summed E-state index contributed by atoms with van der Waals surface area (Å²) in [6.07, 6.45) is 74.7. The van der Waals surface area contributed by atoms with Gasteiger partial charge in [0.15, 0.2) is 6.10 Å². The normalized spacial score (nSPS) is 13.2. The largest absolute Gasteiger partial charge is 0.462 e. The van der Waals surface area contributed by atoms with Crippen molar-refractivity contribution in [2.24, 2.45) is 0 Å². The predicted octanol–water partition coefficient (Wildman–Crippen LogP) is 17.5. The Kier molecular flexibility index (Phi) is 49.6. The first-order valence-electron chi connectivity index (χ1n) is 26.2. The van der Waals surface area contributed by atoms with Crippen molar-refractivity contribution in [2.45, 2.75) is 213 Å². The summed E-state index contributed by atoms with van der Waals surface area (Å²) in [5.74, 6) is -0.987. The molecule has 6 heteroatoms. The van der Waals surface area contributed by atoms with Crippen LogP contribution in [0.4, 0.5) is 0 Å². The number of rotatable bonds is 45. The van der Waals surface area contributed by atoms with E-state index < -0.39 is 6.10 Å². The second kappa shape index (κ2) is 53.2. The third-order valence-corrected chi connectivity index (χ3v) is 10.4. The first-order chi connectivity index (χ1) is 32.5. The first kappa shape index (κ1) is 61.5. The van der Waals surface area contributed by atoms with E-state index in [0.29, 0.717) is 25.7 Å². The van der Waals surface area contributed by atoms with Crippen LogP contribution in [0.3, 0.4) is 0 Å². The molecule has 1 atom stereocenters. The van der Waals surface area contributed by atoms with Crippen molar-refractivity contribution < 1.29 is 28.6 Å². The van der Waals surface area contributed by atoms with Gasteiger partial charge in [0.1, 0.15) is 13.2 Å². The van der Waals surface area contributed by atoms with Crippen LogP contribution in [0.15, 0.2) is 134 Å². The summed E-state index contributed by atoms with van der Waals surface area (Å²) < 4.78 is 16.6. The number of allylic oxidation sites excluding steroid dienone is 22. The number of hydrogen-bond acceptors (Lipinski definition) is 6. The number of carbonyl (C=O) groups excluding carboxylic acids is 3. The van der Waals surface area contributed by atoms with E-state index in [1.807, 2.05) is 0 Å². The van der Waals surface area contributed by atoms with Gasteiger partial charge in [0.05, 0.1) is 0 Å². The van der Waals surface area contributed by atoms with Gasteiger partial charge in [-0.25, -0.2) is 0 Å². The predicted molar refractivity (Wildman–Crippen MR) is 283 cm³/mol. The highest BCUT2D eigenvalue weighted by Gasteiger charge is 2.19. The fraction of sp³-hybridized carbons (Fsp3) is 0.583. The lowest BCUT2D eigenvalue weighted by atomic mass is 10.1. The van der Waals surface area contributed by atoms with Gasteiger partial charge in [-0.2, -0.15) is 0 Å². The van der Waals surface area contributed by atoms with E-state index in [2.05, 4.69) is 154 Å². The Balaban J connectivity index is 4.31. The van der Waals surface area contributed by atoms with E-state index in [1.54, 1.807) is 0 Å². The average molecular weight is 911 g/mol. The molecule has 1 unspecified atom stereocenters. The van der Waals surface area contributed by atoms with Crippen LogP contribution in [-0.2, 0) is 28.6 Å². The van der Waals surface area contributed by atoms with Crippen LogP contribution >= 0.6 is 0 Å². The Morgan fingerprint density at radius 1 is 0.318 bits per heavy atom. The van der Waals surface area contributed by atoms with E-state index in [9.17, 15) is 14.4 Å². The molecule has 0 aromatic carbocycles. The first-order valence-corrected chi connectivity index (χ1v) is 26.2. The van der Waals surface area contributed by atoms with E-state index in [1.165, 1.54) is 19.3 Å². The van der Waals surface area contributed by atoms with Gasteiger partial charge < -0.3 is 14.2 Å². The molecule has 0 bridgehead atoms. The number of unbranched alkanes of at least 4 members (excludes halogenated alkanes) is 12. The Bertz CT molecular complexity index is 1460. The molecule has 0 saturated carbocycles. The summed E-state index contributed by atoms with van der Waals surface area (Å²) in [6.45, 7) is 6.27. The van der Waals surface area contributed by atoms with Crippen molar-refractivity contribution >= 4 is 17.9 Å². The molecular formula is C60H94O6. The second-order valence-corrected chi connectivity index (χ2v) is 16.7.